The van der Waals surface area contributed by atoms with E-state index in [4.69, 9.17) is 4.74 Å². The van der Waals surface area contributed by atoms with Gasteiger partial charge in [-0.05, 0) is 68.0 Å². The Kier molecular flexibility index (Phi) is 7.37. The number of allylic oxidation sites excluding steroid dienone is 1. The van der Waals surface area contributed by atoms with Crippen molar-refractivity contribution in [2.75, 3.05) is 20.6 Å². The van der Waals surface area contributed by atoms with Gasteiger partial charge < -0.3 is 15.1 Å². The number of carbonyl (C=O) groups excluding carboxylic acids is 1. The van der Waals surface area contributed by atoms with Gasteiger partial charge in [-0.1, -0.05) is 19.1 Å². The molecule has 0 bridgehead atoms. The predicted octanol–water partition coefficient (Wildman–Crippen LogP) is 5.28. The number of hydrogen-bond donors (Lipinski definition) is 2. The number of carbonyl (C=O) groups is 1. The summed E-state index contributed by atoms with van der Waals surface area (Å²) in [5.74, 6) is -1.27. The zero-order valence-corrected chi connectivity index (χ0v) is 24.4. The number of aromatic nitrogens is 2. The number of H-pyrrole nitrogens is 1. The van der Waals surface area contributed by atoms with E-state index < -0.39 is 28.9 Å². The number of halogens is 2. The molecule has 2 heterocycles. The van der Waals surface area contributed by atoms with Crippen LogP contribution >= 0.6 is 0 Å². The molecule has 11 heteroatoms. The Morgan fingerprint density at radius 3 is 2.67 bits per heavy atom. The highest BCUT2D eigenvalue weighted by Crippen LogP contribution is 2.42. The Labute approximate surface area is 242 Å². The molecular formula is C31H32F2N6O3. The molecule has 0 saturated heterocycles. The number of nitriles is 1. The van der Waals surface area contributed by atoms with Crippen LogP contribution in [0.4, 0.5) is 13.6 Å². The van der Waals surface area contributed by atoms with E-state index >= 15 is 8.78 Å². The minimum Gasteiger partial charge on any atom is -0.444 e. The number of amides is 1. The molecule has 1 amide bonds. The largest absolute Gasteiger partial charge is 0.444 e. The quantitative estimate of drug-likeness (QED) is 0.436. The second-order valence-electron chi connectivity index (χ2n) is 11.7. The van der Waals surface area contributed by atoms with Crippen LogP contribution in [0.1, 0.15) is 73.5 Å². The van der Waals surface area contributed by atoms with Gasteiger partial charge in [0.05, 0.1) is 34.4 Å². The fourth-order valence-electron chi connectivity index (χ4n) is 5.53. The highest BCUT2D eigenvalue weighted by molar-refractivity contribution is 5.98. The number of aromatic amines is 1. The molecule has 2 aromatic carbocycles. The van der Waals surface area contributed by atoms with Gasteiger partial charge in [-0.3, -0.25) is 4.79 Å². The lowest BCUT2D eigenvalue weighted by molar-refractivity contribution is 0.0523. The maximum absolute atomic E-state index is 15.9. The molecule has 2 aliphatic rings. The van der Waals surface area contributed by atoms with E-state index in [9.17, 15) is 14.9 Å². The van der Waals surface area contributed by atoms with Gasteiger partial charge in [0.2, 0.25) is 0 Å². The summed E-state index contributed by atoms with van der Waals surface area (Å²) in [6.45, 7) is 7.31. The Bertz CT molecular complexity index is 1780. The molecule has 1 aliphatic heterocycles. The summed E-state index contributed by atoms with van der Waals surface area (Å²) in [5.41, 5.74) is 1.94. The number of nitrogens with one attached hydrogen (secondary N) is 2. The third-order valence-electron chi connectivity index (χ3n) is 7.58. The zero-order chi connectivity index (χ0) is 30.5. The first-order chi connectivity index (χ1) is 19.8. The average Bonchev–Trinajstić information content (AvgIpc) is 3.20. The summed E-state index contributed by atoms with van der Waals surface area (Å²) in [7, 11) is 3.55. The van der Waals surface area contributed by atoms with Gasteiger partial charge in [0.25, 0.3) is 5.56 Å². The molecule has 0 radical (unpaired) electrons. The monoisotopic (exact) mass is 574 g/mol. The van der Waals surface area contributed by atoms with Gasteiger partial charge in [-0.25, -0.2) is 23.7 Å². The molecule has 0 spiro atoms. The predicted molar refractivity (Wildman–Crippen MR) is 156 cm³/mol. The van der Waals surface area contributed by atoms with E-state index in [-0.39, 0.29) is 46.6 Å². The smallest absolute Gasteiger partial charge is 0.407 e. The summed E-state index contributed by atoms with van der Waals surface area (Å²) in [6, 6.07) is 6.55. The maximum Gasteiger partial charge on any atom is 0.407 e. The van der Waals surface area contributed by atoms with Crippen LogP contribution in [-0.4, -0.2) is 52.5 Å². The lowest BCUT2D eigenvalue weighted by atomic mass is 9.83. The van der Waals surface area contributed by atoms with Crippen molar-refractivity contribution < 1.29 is 18.3 Å². The fraction of sp³-hybridized carbons (Fsp3) is 0.355. The summed E-state index contributed by atoms with van der Waals surface area (Å²) in [6.07, 6.45) is 3.89. The molecule has 1 aromatic heterocycles. The number of hydrazine groups is 1. The van der Waals surface area contributed by atoms with Crippen LogP contribution in [0.15, 0.2) is 29.1 Å². The topological polar surface area (TPSA) is 114 Å². The standard InChI is InChI=1S/C31H32F2N6O3/c1-16-8-7-9-18-19(16)12-24(33)26(21(18)13-34)28-22(15-38(5)39(28)6)17-10-20-25(14-35-30(41)42-31(2,3)4)36-37-29(40)27(20)23(32)11-17/h7,9-12,16H,8,14-15H2,1-6H3,(H,35,41)(H,37,40). The number of ether oxygens (including phenoxy) is 1. The molecule has 1 atom stereocenters. The Hall–Kier alpha value is -4.56. The van der Waals surface area contributed by atoms with Crippen LogP contribution in [0.3, 0.4) is 0 Å². The number of likely N-dealkylation sites (N-methyl/N-ethyl adjacent to an activating group) is 1. The molecule has 218 valence electrons. The number of fused-ring (bicyclic) bond motifs is 2. The first kappa shape index (κ1) is 29.0. The average molecular weight is 575 g/mol. The lowest BCUT2D eigenvalue weighted by Crippen LogP contribution is -2.32. The molecule has 1 aliphatic carbocycles. The Morgan fingerprint density at radius 1 is 1.24 bits per heavy atom. The van der Waals surface area contributed by atoms with Crippen molar-refractivity contribution in [1.29, 1.82) is 5.26 Å². The number of benzene rings is 2. The number of rotatable bonds is 4. The number of nitrogens with zero attached hydrogens (tertiary/aromatic N) is 4. The zero-order valence-electron chi connectivity index (χ0n) is 24.4. The minimum absolute atomic E-state index is 0.0611. The minimum atomic E-state index is -0.795. The van der Waals surface area contributed by atoms with Crippen molar-refractivity contribution in [1.82, 2.24) is 25.5 Å². The van der Waals surface area contributed by atoms with E-state index in [0.717, 1.165) is 12.0 Å². The maximum atomic E-state index is 15.9. The first-order valence-corrected chi connectivity index (χ1v) is 13.6. The second kappa shape index (κ2) is 10.7. The van der Waals surface area contributed by atoms with E-state index in [1.807, 2.05) is 24.1 Å². The van der Waals surface area contributed by atoms with Crippen molar-refractivity contribution >= 4 is 34.2 Å². The molecular weight excluding hydrogens is 542 g/mol. The van der Waals surface area contributed by atoms with Crippen molar-refractivity contribution in [3.63, 3.8) is 0 Å². The number of alkyl carbamates (subject to hydrolysis) is 1. The van der Waals surface area contributed by atoms with Crippen LogP contribution in [-0.2, 0) is 11.3 Å². The van der Waals surface area contributed by atoms with Gasteiger partial charge >= 0.3 is 6.09 Å². The van der Waals surface area contributed by atoms with Gasteiger partial charge in [0, 0.05) is 31.6 Å². The summed E-state index contributed by atoms with van der Waals surface area (Å²) in [5, 5.41) is 22.7. The van der Waals surface area contributed by atoms with Gasteiger partial charge in [-0.2, -0.15) is 10.4 Å². The lowest BCUT2D eigenvalue weighted by Gasteiger charge is -2.27. The van der Waals surface area contributed by atoms with Crippen LogP contribution in [0, 0.1) is 23.0 Å². The summed E-state index contributed by atoms with van der Waals surface area (Å²) < 4.78 is 36.9. The fourth-order valence-corrected chi connectivity index (χ4v) is 5.53. The van der Waals surface area contributed by atoms with Crippen LogP contribution in [0.2, 0.25) is 0 Å². The van der Waals surface area contributed by atoms with E-state index in [2.05, 4.69) is 21.6 Å². The van der Waals surface area contributed by atoms with Crippen molar-refractivity contribution in [3.05, 3.63) is 79.8 Å². The molecule has 0 fully saturated rings. The normalized spacial score (nSPS) is 17.0. The van der Waals surface area contributed by atoms with Crippen molar-refractivity contribution in [2.24, 2.45) is 0 Å². The Balaban J connectivity index is 1.69. The molecule has 1 unspecified atom stereocenters. The van der Waals surface area contributed by atoms with E-state index in [1.165, 1.54) is 12.1 Å². The van der Waals surface area contributed by atoms with Gasteiger partial charge in [-0.15, -0.1) is 0 Å². The van der Waals surface area contributed by atoms with E-state index in [0.29, 0.717) is 22.4 Å². The first-order valence-electron chi connectivity index (χ1n) is 13.6. The number of hydrogen-bond acceptors (Lipinski definition) is 7. The van der Waals surface area contributed by atoms with Crippen molar-refractivity contribution in [3.8, 4) is 6.07 Å². The molecule has 9 nitrogen and oxygen atoms in total. The second-order valence-corrected chi connectivity index (χ2v) is 11.7. The highest BCUT2D eigenvalue weighted by atomic mass is 19.1. The third-order valence-corrected chi connectivity index (χ3v) is 7.58. The van der Waals surface area contributed by atoms with Crippen molar-refractivity contribution in [2.45, 2.75) is 52.2 Å². The summed E-state index contributed by atoms with van der Waals surface area (Å²) in [4.78, 5) is 24.9. The van der Waals surface area contributed by atoms with Gasteiger partial charge in [0.1, 0.15) is 23.3 Å². The molecule has 3 aromatic rings. The molecule has 42 heavy (non-hydrogen) atoms. The molecule has 5 rings (SSSR count). The summed E-state index contributed by atoms with van der Waals surface area (Å²) >= 11 is 0. The SMILES string of the molecule is CC1CC=Cc2c1cc(F)c(C1=C(c3cc(F)c4c(=O)[nH]nc(CNC(=O)OC(C)(C)C)c4c3)CN(C)N1C)c2C#N. The van der Waals surface area contributed by atoms with Crippen LogP contribution in [0.25, 0.3) is 28.1 Å². The van der Waals surface area contributed by atoms with E-state index in [1.54, 1.807) is 45.9 Å². The molecule has 2 N–H and O–H groups in total. The third kappa shape index (κ3) is 5.14. The highest BCUT2D eigenvalue weighted by Gasteiger charge is 2.33. The van der Waals surface area contributed by atoms with Crippen LogP contribution in [0.5, 0.6) is 0 Å². The Morgan fingerprint density at radius 2 is 1.98 bits per heavy atom. The van der Waals surface area contributed by atoms with Gasteiger partial charge in [0.15, 0.2) is 0 Å². The van der Waals surface area contributed by atoms with Crippen LogP contribution < -0.4 is 10.9 Å². The molecule has 0 saturated carbocycles.